The zero-order valence-electron chi connectivity index (χ0n) is 24.8. The molecule has 170 valence electrons. The Kier molecular flexibility index (Phi) is 5.26. The lowest BCUT2D eigenvalue weighted by atomic mass is 10.1. The first-order valence-electron chi connectivity index (χ1n) is 13.0. The average molecular weight is 531 g/mol. The zero-order chi connectivity index (χ0) is 30.1. The third-order valence-electron chi connectivity index (χ3n) is 3.53. The highest BCUT2D eigenvalue weighted by molar-refractivity contribution is 9.10. The first-order valence-corrected chi connectivity index (χ1v) is 11.3. The highest BCUT2D eigenvalue weighted by Gasteiger charge is 2.19. The van der Waals surface area contributed by atoms with E-state index < -0.39 is 59.9 Å². The van der Waals surface area contributed by atoms with Crippen LogP contribution in [0.3, 0.4) is 0 Å². The first kappa shape index (κ1) is 15.1. The fourth-order valence-electron chi connectivity index (χ4n) is 2.22. The lowest BCUT2D eigenvalue weighted by Crippen LogP contribution is -2.31. The predicted octanol–water partition coefficient (Wildman–Crippen LogP) is 3.12. The van der Waals surface area contributed by atoms with Gasteiger partial charge in [0, 0.05) is 26.1 Å². The molecule has 3 aromatic rings. The maximum absolute atomic E-state index is 12.7. The molecule has 0 bridgehead atoms. The molecule has 0 atom stereocenters. The van der Waals surface area contributed by atoms with Crippen LogP contribution in [-0.4, -0.2) is 48.0 Å². The number of anilines is 1. The summed E-state index contributed by atoms with van der Waals surface area (Å²) in [6.45, 7) is -6.11. The highest BCUT2D eigenvalue weighted by Crippen LogP contribution is 2.34. The lowest BCUT2D eigenvalue weighted by molar-refractivity contribution is 0.202. The van der Waals surface area contributed by atoms with E-state index in [2.05, 4.69) is 40.6 Å². The van der Waals surface area contributed by atoms with Crippen molar-refractivity contribution in [2.75, 3.05) is 24.3 Å². The summed E-state index contributed by atoms with van der Waals surface area (Å²) < 4.78 is 104. The van der Waals surface area contributed by atoms with Crippen LogP contribution in [0.25, 0.3) is 11.1 Å². The molecule has 0 amide bonds. The second-order valence-electron chi connectivity index (χ2n) is 5.91. The Morgan fingerprint density at radius 3 is 2.47 bits per heavy atom. The Hall–Kier alpha value is -2.83. The van der Waals surface area contributed by atoms with Gasteiger partial charge in [-0.15, -0.1) is 0 Å². The van der Waals surface area contributed by atoms with Crippen LogP contribution >= 0.6 is 15.9 Å². The van der Waals surface area contributed by atoms with Crippen molar-refractivity contribution in [3.8, 4) is 23.0 Å². The smallest absolute Gasteiger partial charge is 0.316 e. The van der Waals surface area contributed by atoms with Crippen molar-refractivity contribution >= 4 is 32.0 Å². The molecule has 12 heteroatoms. The maximum Gasteiger partial charge on any atom is 0.316 e. The molecule has 0 aliphatic rings. The van der Waals surface area contributed by atoms with Gasteiger partial charge in [-0.05, 0) is 36.6 Å². The predicted molar refractivity (Wildman–Crippen MR) is 124 cm³/mol. The second-order valence-corrected chi connectivity index (χ2v) is 8.24. The van der Waals surface area contributed by atoms with E-state index in [0.29, 0.717) is 4.47 Å². The van der Waals surface area contributed by atoms with E-state index in [-0.39, 0.29) is 23.1 Å². The lowest BCUT2D eigenvalue weighted by Gasteiger charge is -2.15. The topological polar surface area (TPSA) is 128 Å². The molecule has 0 spiro atoms. The Morgan fingerprint density at radius 1 is 1.09 bits per heavy atom. The van der Waals surface area contributed by atoms with Crippen molar-refractivity contribution in [2.24, 2.45) is 0 Å². The van der Waals surface area contributed by atoms with Gasteiger partial charge in [0.25, 0.3) is 10.2 Å². The van der Waals surface area contributed by atoms with Crippen molar-refractivity contribution in [2.45, 2.75) is 20.3 Å². The Labute approximate surface area is 206 Å². The van der Waals surface area contributed by atoms with Gasteiger partial charge in [0.15, 0.2) is 5.82 Å². The average Bonchev–Trinajstić information content (AvgIpc) is 2.82. The molecule has 10 nitrogen and oxygen atoms in total. The summed E-state index contributed by atoms with van der Waals surface area (Å²) >= 11 is 3.28. The molecule has 0 unspecified atom stereocenters. The van der Waals surface area contributed by atoms with Gasteiger partial charge in [0.1, 0.15) is 19.4 Å². The van der Waals surface area contributed by atoms with Crippen LogP contribution in [0.15, 0.2) is 47.4 Å². The summed E-state index contributed by atoms with van der Waals surface area (Å²) in [5.41, 5.74) is 0.126. The number of rotatable bonds is 11. The molecular weight excluding hydrogens is 500 g/mol. The fourth-order valence-corrected chi connectivity index (χ4v) is 3.27. The third-order valence-corrected chi connectivity index (χ3v) is 4.93. The van der Waals surface area contributed by atoms with Crippen LogP contribution in [0.1, 0.15) is 29.9 Å². The summed E-state index contributed by atoms with van der Waals surface area (Å²) in [7, 11) is -4.56. The number of halogens is 1. The van der Waals surface area contributed by atoms with Gasteiger partial charge >= 0.3 is 6.01 Å². The molecule has 1 aromatic carbocycles. The van der Waals surface area contributed by atoms with Gasteiger partial charge < -0.3 is 9.47 Å². The van der Waals surface area contributed by atoms with Gasteiger partial charge in [-0.25, -0.2) is 19.9 Å². The van der Waals surface area contributed by atoms with Gasteiger partial charge in [-0.1, -0.05) is 35.0 Å². The van der Waals surface area contributed by atoms with Gasteiger partial charge in [0.2, 0.25) is 5.88 Å². The molecule has 2 N–H and O–H groups in total. The minimum absolute atomic E-state index is 0.101. The van der Waals surface area contributed by atoms with Gasteiger partial charge in [-0.2, -0.15) is 13.1 Å². The molecule has 0 saturated heterocycles. The fraction of sp³-hybridized carbons (Fsp3) is 0.300. The number of ether oxygens (including phenoxy) is 2. The number of hydrogen-bond donors (Lipinski definition) is 2. The van der Waals surface area contributed by atoms with E-state index in [1.54, 1.807) is 12.1 Å². The molecule has 32 heavy (non-hydrogen) atoms. The number of hydrogen-bond acceptors (Lipinski definition) is 8. The maximum atomic E-state index is 12.7. The van der Waals surface area contributed by atoms with E-state index >= 15 is 0 Å². The van der Waals surface area contributed by atoms with Gasteiger partial charge in [-0.3, -0.25) is 4.72 Å². The van der Waals surface area contributed by atoms with E-state index in [9.17, 15) is 8.42 Å². The molecule has 0 saturated carbocycles. The molecule has 0 radical (unpaired) electrons. The minimum atomic E-state index is -4.56. The molecule has 2 heterocycles. The quantitative estimate of drug-likeness (QED) is 0.386. The van der Waals surface area contributed by atoms with Gasteiger partial charge in [0.05, 0.1) is 13.8 Å². The second kappa shape index (κ2) is 11.2. The molecule has 0 aliphatic heterocycles. The number of nitrogens with one attached hydrogen (secondary N) is 2. The Morgan fingerprint density at radius 2 is 1.78 bits per heavy atom. The molecule has 3 rings (SSSR count). The van der Waals surface area contributed by atoms with E-state index in [1.165, 1.54) is 26.0 Å². The summed E-state index contributed by atoms with van der Waals surface area (Å²) in [5, 5.41) is 0. The molecular formula is C20H23BrN6O4S. The molecule has 2 aromatic heterocycles. The number of aromatic nitrogens is 4. The minimum Gasteiger partial charge on any atom is -0.473 e. The Bertz CT molecular complexity index is 1480. The van der Waals surface area contributed by atoms with Crippen molar-refractivity contribution in [3.63, 3.8) is 0 Å². The Balaban J connectivity index is 2.05. The van der Waals surface area contributed by atoms with Crippen molar-refractivity contribution in [3.05, 3.63) is 53.0 Å². The summed E-state index contributed by atoms with van der Waals surface area (Å²) in [6.07, 6.45) is -0.190. The van der Waals surface area contributed by atoms with Crippen LogP contribution < -0.4 is 18.9 Å². The van der Waals surface area contributed by atoms with Crippen LogP contribution in [0.5, 0.6) is 11.9 Å². The zero-order valence-corrected chi connectivity index (χ0v) is 19.2. The summed E-state index contributed by atoms with van der Waals surface area (Å²) in [5.74, 6) is -1.03. The normalized spacial score (nSPS) is 16.2. The monoisotopic (exact) mass is 530 g/mol. The van der Waals surface area contributed by atoms with E-state index in [1.807, 2.05) is 4.72 Å². The molecule has 0 aliphatic carbocycles. The van der Waals surface area contributed by atoms with E-state index in [4.69, 9.17) is 20.4 Å². The van der Waals surface area contributed by atoms with Crippen LogP contribution in [0, 0.1) is 6.92 Å². The van der Waals surface area contributed by atoms with Crippen LogP contribution in [-0.2, 0) is 10.2 Å². The third kappa shape index (κ3) is 6.84. The first-order chi connectivity index (χ1) is 18.4. The van der Waals surface area contributed by atoms with Crippen molar-refractivity contribution in [1.82, 2.24) is 24.7 Å². The largest absolute Gasteiger partial charge is 0.473 e. The van der Waals surface area contributed by atoms with Crippen molar-refractivity contribution < 1.29 is 28.9 Å². The van der Waals surface area contributed by atoms with Crippen LogP contribution in [0.4, 0.5) is 5.82 Å². The van der Waals surface area contributed by atoms with Crippen LogP contribution in [0.2, 0.25) is 0 Å². The number of benzene rings is 1. The molecule has 0 fully saturated rings. The summed E-state index contributed by atoms with van der Waals surface area (Å²) in [6, 6.07) is 5.39. The van der Waals surface area contributed by atoms with Crippen molar-refractivity contribution in [1.29, 1.82) is 0 Å². The van der Waals surface area contributed by atoms with E-state index in [0.717, 1.165) is 6.33 Å². The highest BCUT2D eigenvalue weighted by atomic mass is 79.9. The summed E-state index contributed by atoms with van der Waals surface area (Å²) in [4.78, 5) is 15.0. The SMILES string of the molecule is [2H]c1nc(OC([2H])([2H])C([2H])([2H])Oc2ncnc(NS(=O)(=O)NC([2H])([2H])CC)c2-c2ccc(Br)cc2)nc([2H])c1C. The number of nitrogens with zero attached hydrogens (tertiary/aromatic N) is 4. The standard InChI is InChI=1S/C20H23BrN6O4S/c1-3-8-26-32(28,29)27-18-17(15-4-6-16(21)7-5-15)19(25-13-24-18)30-9-10-31-20-22-11-14(2)12-23-20/h4-7,11-13,26H,3,8-10H2,1-2H3,(H,24,25,27)/i8D2,9D2,10D2,11D,12D.